The standard InChI is InChI=1S/C21H18N4/c1-3-7-19(8-4-1)23-15-18-16-25(20-9-5-2-6-10-20)24-21(18)17-11-13-22-14-12-17/h1-14,16,23H,15H2. The highest BCUT2D eigenvalue weighted by atomic mass is 15.3. The van der Waals surface area contributed by atoms with Gasteiger partial charge in [-0.2, -0.15) is 5.10 Å². The van der Waals surface area contributed by atoms with Gasteiger partial charge >= 0.3 is 0 Å². The Balaban J connectivity index is 1.69. The molecule has 25 heavy (non-hydrogen) atoms. The quantitative estimate of drug-likeness (QED) is 0.585. The van der Waals surface area contributed by atoms with Gasteiger partial charge in [0.15, 0.2) is 0 Å². The molecule has 2 heterocycles. The number of para-hydroxylation sites is 2. The highest BCUT2D eigenvalue weighted by Crippen LogP contribution is 2.24. The maximum atomic E-state index is 4.81. The van der Waals surface area contributed by atoms with Crippen molar-refractivity contribution in [2.24, 2.45) is 0 Å². The Morgan fingerprint density at radius 2 is 1.48 bits per heavy atom. The molecule has 0 bridgehead atoms. The molecule has 4 rings (SSSR count). The molecular formula is C21H18N4. The van der Waals surface area contributed by atoms with Gasteiger partial charge in [-0.25, -0.2) is 4.68 Å². The second-order valence-electron chi connectivity index (χ2n) is 5.74. The summed E-state index contributed by atoms with van der Waals surface area (Å²) in [6.45, 7) is 0.703. The average Bonchev–Trinajstić information content (AvgIpc) is 3.13. The first-order valence-corrected chi connectivity index (χ1v) is 8.23. The molecule has 0 spiro atoms. The van der Waals surface area contributed by atoms with Crippen LogP contribution in [0.15, 0.2) is 91.4 Å². The van der Waals surface area contributed by atoms with Crippen LogP contribution in [0.2, 0.25) is 0 Å². The monoisotopic (exact) mass is 326 g/mol. The van der Waals surface area contributed by atoms with Crippen LogP contribution in [0.25, 0.3) is 16.9 Å². The first-order valence-electron chi connectivity index (χ1n) is 8.23. The van der Waals surface area contributed by atoms with E-state index in [0.29, 0.717) is 6.54 Å². The summed E-state index contributed by atoms with van der Waals surface area (Å²) in [5, 5.41) is 8.28. The van der Waals surface area contributed by atoms with Crippen LogP contribution in [-0.4, -0.2) is 14.8 Å². The Morgan fingerprint density at radius 1 is 0.800 bits per heavy atom. The highest BCUT2D eigenvalue weighted by Gasteiger charge is 2.12. The van der Waals surface area contributed by atoms with Gasteiger partial charge in [0.2, 0.25) is 0 Å². The van der Waals surface area contributed by atoms with Crippen molar-refractivity contribution in [3.8, 4) is 16.9 Å². The number of hydrogen-bond acceptors (Lipinski definition) is 3. The SMILES string of the molecule is c1ccc(NCc2cn(-c3ccccc3)nc2-c2ccncc2)cc1. The number of nitrogens with one attached hydrogen (secondary N) is 1. The fourth-order valence-corrected chi connectivity index (χ4v) is 2.76. The van der Waals surface area contributed by atoms with E-state index in [1.165, 1.54) is 0 Å². The Kier molecular flexibility index (Phi) is 4.25. The molecule has 4 aromatic rings. The van der Waals surface area contributed by atoms with Gasteiger partial charge < -0.3 is 5.32 Å². The van der Waals surface area contributed by atoms with Gasteiger partial charge in [-0.1, -0.05) is 36.4 Å². The summed E-state index contributed by atoms with van der Waals surface area (Å²) in [5.41, 5.74) is 5.31. The van der Waals surface area contributed by atoms with Crippen LogP contribution in [0.4, 0.5) is 5.69 Å². The maximum absolute atomic E-state index is 4.81. The molecule has 0 amide bonds. The van der Waals surface area contributed by atoms with Crippen molar-refractivity contribution in [3.05, 3.63) is 97.0 Å². The van der Waals surface area contributed by atoms with E-state index in [2.05, 4.69) is 40.8 Å². The number of hydrogen-bond donors (Lipinski definition) is 1. The molecule has 0 atom stereocenters. The molecule has 4 heteroatoms. The fraction of sp³-hybridized carbons (Fsp3) is 0.0476. The van der Waals surface area contributed by atoms with Crippen molar-refractivity contribution < 1.29 is 0 Å². The molecule has 2 aromatic carbocycles. The minimum Gasteiger partial charge on any atom is -0.381 e. The van der Waals surface area contributed by atoms with E-state index in [1.54, 1.807) is 12.4 Å². The van der Waals surface area contributed by atoms with E-state index in [1.807, 2.05) is 53.2 Å². The summed E-state index contributed by atoms with van der Waals surface area (Å²) in [5.74, 6) is 0. The van der Waals surface area contributed by atoms with E-state index in [0.717, 1.165) is 28.2 Å². The van der Waals surface area contributed by atoms with Crippen molar-refractivity contribution >= 4 is 5.69 Å². The van der Waals surface area contributed by atoms with Crippen LogP contribution in [0.1, 0.15) is 5.56 Å². The molecule has 0 aliphatic rings. The van der Waals surface area contributed by atoms with Gasteiger partial charge in [0.1, 0.15) is 0 Å². The average molecular weight is 326 g/mol. The zero-order valence-electron chi connectivity index (χ0n) is 13.7. The van der Waals surface area contributed by atoms with Crippen molar-refractivity contribution in [1.29, 1.82) is 0 Å². The lowest BCUT2D eigenvalue weighted by molar-refractivity contribution is 0.883. The van der Waals surface area contributed by atoms with Gasteiger partial charge in [0, 0.05) is 41.9 Å². The Labute approximate surface area is 146 Å². The van der Waals surface area contributed by atoms with Gasteiger partial charge in [0.05, 0.1) is 11.4 Å². The summed E-state index contributed by atoms with van der Waals surface area (Å²) in [7, 11) is 0. The molecule has 2 aromatic heterocycles. The Morgan fingerprint density at radius 3 is 2.20 bits per heavy atom. The minimum atomic E-state index is 0.703. The molecule has 0 unspecified atom stereocenters. The van der Waals surface area contributed by atoms with E-state index in [-0.39, 0.29) is 0 Å². The molecular weight excluding hydrogens is 308 g/mol. The lowest BCUT2D eigenvalue weighted by atomic mass is 10.1. The molecule has 0 saturated carbocycles. The van der Waals surface area contributed by atoms with Crippen LogP contribution < -0.4 is 5.32 Å². The summed E-state index contributed by atoms with van der Waals surface area (Å²) < 4.78 is 1.93. The van der Waals surface area contributed by atoms with E-state index < -0.39 is 0 Å². The second kappa shape index (κ2) is 7.01. The molecule has 0 aliphatic heterocycles. The van der Waals surface area contributed by atoms with Gasteiger partial charge in [-0.05, 0) is 36.4 Å². The van der Waals surface area contributed by atoms with Crippen LogP contribution in [-0.2, 0) is 6.54 Å². The van der Waals surface area contributed by atoms with Gasteiger partial charge in [-0.3, -0.25) is 4.98 Å². The third-order valence-corrected chi connectivity index (χ3v) is 4.02. The first-order chi connectivity index (χ1) is 12.4. The van der Waals surface area contributed by atoms with Gasteiger partial charge in [0.25, 0.3) is 0 Å². The minimum absolute atomic E-state index is 0.703. The lowest BCUT2D eigenvalue weighted by Gasteiger charge is -2.06. The summed E-state index contributed by atoms with van der Waals surface area (Å²) >= 11 is 0. The molecule has 0 saturated heterocycles. The number of benzene rings is 2. The van der Waals surface area contributed by atoms with Crippen LogP contribution in [0.5, 0.6) is 0 Å². The molecule has 0 radical (unpaired) electrons. The van der Waals surface area contributed by atoms with Crippen LogP contribution >= 0.6 is 0 Å². The van der Waals surface area contributed by atoms with Crippen molar-refractivity contribution in [3.63, 3.8) is 0 Å². The van der Waals surface area contributed by atoms with E-state index >= 15 is 0 Å². The number of anilines is 1. The normalized spacial score (nSPS) is 10.6. The summed E-state index contributed by atoms with van der Waals surface area (Å²) in [6, 6.07) is 24.3. The largest absolute Gasteiger partial charge is 0.381 e. The summed E-state index contributed by atoms with van der Waals surface area (Å²) in [4.78, 5) is 4.11. The smallest absolute Gasteiger partial charge is 0.0978 e. The predicted molar refractivity (Wildman–Crippen MR) is 101 cm³/mol. The number of rotatable bonds is 5. The topological polar surface area (TPSA) is 42.7 Å². The van der Waals surface area contributed by atoms with E-state index in [4.69, 9.17) is 5.10 Å². The number of pyridine rings is 1. The van der Waals surface area contributed by atoms with Gasteiger partial charge in [-0.15, -0.1) is 0 Å². The molecule has 122 valence electrons. The van der Waals surface area contributed by atoms with Crippen molar-refractivity contribution in [2.75, 3.05) is 5.32 Å². The first kappa shape index (κ1) is 15.1. The zero-order valence-corrected chi connectivity index (χ0v) is 13.7. The Hall–Kier alpha value is -3.40. The lowest BCUT2D eigenvalue weighted by Crippen LogP contribution is -1.99. The highest BCUT2D eigenvalue weighted by molar-refractivity contribution is 5.63. The van der Waals surface area contributed by atoms with E-state index in [9.17, 15) is 0 Å². The molecule has 4 nitrogen and oxygen atoms in total. The second-order valence-corrected chi connectivity index (χ2v) is 5.74. The van der Waals surface area contributed by atoms with Crippen molar-refractivity contribution in [1.82, 2.24) is 14.8 Å². The fourth-order valence-electron chi connectivity index (χ4n) is 2.76. The van der Waals surface area contributed by atoms with Crippen LogP contribution in [0.3, 0.4) is 0 Å². The number of aromatic nitrogens is 3. The molecule has 1 N–H and O–H groups in total. The zero-order chi connectivity index (χ0) is 16.9. The van der Waals surface area contributed by atoms with Crippen molar-refractivity contribution in [2.45, 2.75) is 6.54 Å². The third-order valence-electron chi connectivity index (χ3n) is 4.02. The van der Waals surface area contributed by atoms with Crippen LogP contribution in [0, 0.1) is 0 Å². The maximum Gasteiger partial charge on any atom is 0.0978 e. The number of nitrogens with zero attached hydrogens (tertiary/aromatic N) is 3. The summed E-state index contributed by atoms with van der Waals surface area (Å²) in [6.07, 6.45) is 5.68. The molecule has 0 aliphatic carbocycles. The molecule has 0 fully saturated rings. The predicted octanol–water partition coefficient (Wildman–Crippen LogP) is 4.55. The third kappa shape index (κ3) is 3.43. The Bertz CT molecular complexity index is 932.